The molecule has 5 aliphatic rings. The summed E-state index contributed by atoms with van der Waals surface area (Å²) in [4.78, 5) is 41.6. The van der Waals surface area contributed by atoms with Crippen LogP contribution in [-0.2, 0) is 9.59 Å². The number of hydrogen-bond donors (Lipinski definition) is 1. The first-order valence-corrected chi connectivity index (χ1v) is 11.2. The van der Waals surface area contributed by atoms with Crippen LogP contribution in [0.1, 0.15) is 16.8 Å². The lowest BCUT2D eigenvalue weighted by Crippen LogP contribution is -2.40. The van der Waals surface area contributed by atoms with Crippen molar-refractivity contribution in [3.63, 3.8) is 0 Å². The summed E-state index contributed by atoms with van der Waals surface area (Å²) in [6.45, 7) is 0. The number of imide groups is 1. The Kier molecular flexibility index (Phi) is 4.37. The summed E-state index contributed by atoms with van der Waals surface area (Å²) < 4.78 is 10.6. The van der Waals surface area contributed by atoms with Crippen LogP contribution in [0.3, 0.4) is 0 Å². The van der Waals surface area contributed by atoms with Gasteiger partial charge in [0.1, 0.15) is 11.5 Å². The Balaban J connectivity index is 1.32. The summed E-state index contributed by atoms with van der Waals surface area (Å²) in [5, 5.41) is 2.85. The van der Waals surface area contributed by atoms with Crippen molar-refractivity contribution in [1.29, 1.82) is 0 Å². The summed E-state index contributed by atoms with van der Waals surface area (Å²) in [7, 11) is 3.06. The summed E-state index contributed by atoms with van der Waals surface area (Å²) >= 11 is 0. The number of methoxy groups -OCH3 is 2. The molecule has 2 aromatic rings. The number of para-hydroxylation sites is 1. The van der Waals surface area contributed by atoms with E-state index in [0.29, 0.717) is 34.7 Å². The van der Waals surface area contributed by atoms with E-state index in [1.165, 1.54) is 12.0 Å². The molecule has 7 nitrogen and oxygen atoms in total. The number of nitrogens with one attached hydrogen (secondary N) is 1. The van der Waals surface area contributed by atoms with Crippen molar-refractivity contribution in [2.24, 2.45) is 35.5 Å². The number of nitrogens with zero attached hydrogens (tertiary/aromatic N) is 1. The minimum atomic E-state index is -0.423. The lowest BCUT2D eigenvalue weighted by molar-refractivity contribution is -0.124. The van der Waals surface area contributed by atoms with E-state index >= 15 is 0 Å². The van der Waals surface area contributed by atoms with Gasteiger partial charge in [0, 0.05) is 6.07 Å². The van der Waals surface area contributed by atoms with E-state index in [2.05, 4.69) is 17.5 Å². The molecule has 2 saturated carbocycles. The largest absolute Gasteiger partial charge is 0.497 e. The van der Waals surface area contributed by atoms with Crippen LogP contribution in [0.4, 0.5) is 11.4 Å². The van der Waals surface area contributed by atoms with Crippen molar-refractivity contribution in [2.45, 2.75) is 6.42 Å². The molecule has 1 saturated heterocycles. The maximum atomic E-state index is 13.5. The number of rotatable bonds is 5. The topological polar surface area (TPSA) is 84.9 Å². The van der Waals surface area contributed by atoms with Crippen LogP contribution in [-0.4, -0.2) is 31.9 Å². The quantitative estimate of drug-likeness (QED) is 0.564. The van der Waals surface area contributed by atoms with Gasteiger partial charge in [-0.05, 0) is 54.4 Å². The third-order valence-corrected chi connectivity index (χ3v) is 7.71. The average Bonchev–Trinajstić information content (AvgIpc) is 3.62. The van der Waals surface area contributed by atoms with Crippen LogP contribution in [0.2, 0.25) is 0 Å². The SMILES string of the molecule is COc1ccc(NC(=O)c2ccccc2N2C(=O)[C@@H]3[C@H]4C=C[C@@H]([C@@H]5C[C@H]45)[C@H]3C2=O)c(OC)c1. The summed E-state index contributed by atoms with van der Waals surface area (Å²) in [5.41, 5.74) is 1.06. The fraction of sp³-hybridized carbons (Fsp3) is 0.346. The Bertz CT molecular complexity index is 1180. The van der Waals surface area contributed by atoms with Crippen molar-refractivity contribution in [2.75, 3.05) is 24.4 Å². The highest BCUT2D eigenvalue weighted by molar-refractivity contribution is 6.25. The van der Waals surface area contributed by atoms with Crippen LogP contribution < -0.4 is 19.7 Å². The average molecular weight is 444 g/mol. The molecule has 7 rings (SSSR count). The normalized spacial score (nSPS) is 30.7. The van der Waals surface area contributed by atoms with Gasteiger partial charge in [0.05, 0.1) is 43.0 Å². The molecule has 33 heavy (non-hydrogen) atoms. The molecule has 168 valence electrons. The van der Waals surface area contributed by atoms with Crippen molar-refractivity contribution in [1.82, 2.24) is 0 Å². The van der Waals surface area contributed by atoms with Gasteiger partial charge in [-0.15, -0.1) is 0 Å². The van der Waals surface area contributed by atoms with Crippen LogP contribution >= 0.6 is 0 Å². The van der Waals surface area contributed by atoms with Gasteiger partial charge in [-0.3, -0.25) is 14.4 Å². The van der Waals surface area contributed by atoms with Crippen molar-refractivity contribution in [3.05, 3.63) is 60.2 Å². The minimum Gasteiger partial charge on any atom is -0.497 e. The Morgan fingerprint density at radius 3 is 2.24 bits per heavy atom. The van der Waals surface area contributed by atoms with Crippen LogP contribution in [0.25, 0.3) is 0 Å². The number of carbonyl (C=O) groups is 3. The molecule has 3 amide bonds. The molecule has 1 heterocycles. The van der Waals surface area contributed by atoms with E-state index in [9.17, 15) is 14.4 Å². The maximum Gasteiger partial charge on any atom is 0.257 e. The van der Waals surface area contributed by atoms with Crippen LogP contribution in [0, 0.1) is 35.5 Å². The number of ether oxygens (including phenoxy) is 2. The highest BCUT2D eigenvalue weighted by Gasteiger charge is 2.67. The summed E-state index contributed by atoms with van der Waals surface area (Å²) in [6, 6.07) is 11.9. The van der Waals surface area contributed by atoms with Gasteiger partial charge < -0.3 is 14.8 Å². The fourth-order valence-electron chi connectivity index (χ4n) is 6.15. The second-order valence-electron chi connectivity index (χ2n) is 9.20. The van der Waals surface area contributed by atoms with E-state index in [0.717, 1.165) is 6.42 Å². The van der Waals surface area contributed by atoms with E-state index in [1.54, 1.807) is 49.6 Å². The van der Waals surface area contributed by atoms with Gasteiger partial charge in [-0.1, -0.05) is 24.3 Å². The highest BCUT2D eigenvalue weighted by atomic mass is 16.5. The first kappa shape index (κ1) is 20.0. The Morgan fingerprint density at radius 1 is 0.939 bits per heavy atom. The number of carbonyl (C=O) groups excluding carboxylic acids is 3. The first-order valence-electron chi connectivity index (χ1n) is 11.2. The molecule has 4 aliphatic carbocycles. The van der Waals surface area contributed by atoms with Gasteiger partial charge >= 0.3 is 0 Å². The second-order valence-corrected chi connectivity index (χ2v) is 9.20. The summed E-state index contributed by atoms with van der Waals surface area (Å²) in [5.74, 6) is 0.958. The maximum absolute atomic E-state index is 13.5. The van der Waals surface area contributed by atoms with Gasteiger partial charge in [0.2, 0.25) is 11.8 Å². The number of hydrogen-bond acceptors (Lipinski definition) is 5. The molecule has 0 radical (unpaired) electrons. The number of benzene rings is 2. The zero-order chi connectivity index (χ0) is 22.9. The third-order valence-electron chi connectivity index (χ3n) is 7.71. The smallest absolute Gasteiger partial charge is 0.257 e. The van der Waals surface area contributed by atoms with Crippen LogP contribution in [0.15, 0.2) is 54.6 Å². The Hall–Kier alpha value is -3.61. The molecular weight excluding hydrogens is 420 g/mol. The number of allylic oxidation sites excluding steroid dienone is 2. The van der Waals surface area contributed by atoms with E-state index in [1.807, 2.05) is 0 Å². The molecule has 1 aliphatic heterocycles. The molecule has 0 aromatic heterocycles. The van der Waals surface area contributed by atoms with Gasteiger partial charge in [-0.2, -0.15) is 0 Å². The zero-order valence-electron chi connectivity index (χ0n) is 18.4. The van der Waals surface area contributed by atoms with Gasteiger partial charge in [-0.25, -0.2) is 4.90 Å². The van der Waals surface area contributed by atoms with E-state index in [4.69, 9.17) is 9.47 Å². The predicted molar refractivity (Wildman–Crippen MR) is 121 cm³/mol. The minimum absolute atomic E-state index is 0.135. The zero-order valence-corrected chi connectivity index (χ0v) is 18.4. The first-order chi connectivity index (χ1) is 16.0. The molecule has 6 atom stereocenters. The Labute approximate surface area is 191 Å². The Morgan fingerprint density at radius 2 is 1.61 bits per heavy atom. The molecule has 1 N–H and O–H groups in total. The molecule has 0 unspecified atom stereocenters. The van der Waals surface area contributed by atoms with Crippen molar-refractivity contribution < 1.29 is 23.9 Å². The number of amides is 3. The molecule has 3 fully saturated rings. The number of anilines is 2. The van der Waals surface area contributed by atoms with Crippen molar-refractivity contribution >= 4 is 29.1 Å². The molecular formula is C26H24N2O5. The van der Waals surface area contributed by atoms with Crippen LogP contribution in [0.5, 0.6) is 11.5 Å². The third kappa shape index (κ3) is 2.84. The summed E-state index contributed by atoms with van der Waals surface area (Å²) in [6.07, 6.45) is 5.39. The molecule has 0 spiro atoms. The molecule has 2 bridgehead atoms. The standard InChI is InChI=1S/C26H24N2O5/c1-32-13-7-10-19(21(11-13)33-2)27-24(29)16-5-3-4-6-20(16)28-25(30)22-14-8-9-15(18-12-17(14)18)23(22)26(28)31/h3-11,14-15,17-18,22-23H,12H2,1-2H3,(H,27,29)/t14-,15-,17-,18+,22+,23+/m0/s1. The lowest BCUT2D eigenvalue weighted by Gasteiger charge is -2.37. The molecule has 2 aromatic carbocycles. The second kappa shape index (κ2) is 7.20. The monoisotopic (exact) mass is 444 g/mol. The molecule has 7 heteroatoms. The van der Waals surface area contributed by atoms with E-state index in [-0.39, 0.29) is 41.0 Å². The van der Waals surface area contributed by atoms with E-state index < -0.39 is 5.91 Å². The highest BCUT2D eigenvalue weighted by Crippen LogP contribution is 2.65. The van der Waals surface area contributed by atoms with Crippen molar-refractivity contribution in [3.8, 4) is 11.5 Å². The predicted octanol–water partition coefficient (Wildman–Crippen LogP) is 3.51. The lowest BCUT2D eigenvalue weighted by atomic mass is 9.63. The fourth-order valence-corrected chi connectivity index (χ4v) is 6.15. The van der Waals surface area contributed by atoms with Gasteiger partial charge in [0.15, 0.2) is 0 Å². The van der Waals surface area contributed by atoms with Gasteiger partial charge in [0.25, 0.3) is 5.91 Å².